The second-order valence-electron chi connectivity index (χ2n) is 5.08. The average Bonchev–Trinajstić information content (AvgIpc) is 2.63. The molecule has 0 radical (unpaired) electrons. The minimum Gasteiger partial charge on any atom is -0.394 e. The Hall–Kier alpha value is -0.870. The van der Waals surface area contributed by atoms with Gasteiger partial charge < -0.3 is 10.4 Å². The summed E-state index contributed by atoms with van der Waals surface area (Å²) in [6.07, 6.45) is 3.18. The first-order chi connectivity index (χ1) is 8.00. The first-order valence-corrected chi connectivity index (χ1v) is 6.31. The SMILES string of the molecule is CNC(C)(CO)CCCCn1nc(C)cc1C. The van der Waals surface area contributed by atoms with Crippen molar-refractivity contribution < 1.29 is 5.11 Å². The van der Waals surface area contributed by atoms with Gasteiger partial charge in [0.15, 0.2) is 0 Å². The predicted molar refractivity (Wildman–Crippen MR) is 70.1 cm³/mol. The van der Waals surface area contributed by atoms with Gasteiger partial charge in [-0.2, -0.15) is 5.10 Å². The topological polar surface area (TPSA) is 50.1 Å². The lowest BCUT2D eigenvalue weighted by molar-refractivity contribution is 0.170. The summed E-state index contributed by atoms with van der Waals surface area (Å²) in [6.45, 7) is 7.31. The Morgan fingerprint density at radius 2 is 2.12 bits per heavy atom. The Kier molecular flexibility index (Phi) is 5.15. The lowest BCUT2D eigenvalue weighted by atomic mass is 9.96. The van der Waals surface area contributed by atoms with Gasteiger partial charge in [-0.1, -0.05) is 0 Å². The molecule has 1 unspecified atom stereocenters. The normalized spacial score (nSPS) is 14.9. The summed E-state index contributed by atoms with van der Waals surface area (Å²) in [5, 5.41) is 16.9. The second-order valence-corrected chi connectivity index (χ2v) is 5.08. The van der Waals surface area contributed by atoms with Crippen LogP contribution in [0.5, 0.6) is 0 Å². The maximum Gasteiger partial charge on any atom is 0.0610 e. The first kappa shape index (κ1) is 14.2. The molecule has 0 saturated carbocycles. The van der Waals surface area contributed by atoms with Crippen molar-refractivity contribution in [2.45, 2.75) is 52.1 Å². The van der Waals surface area contributed by atoms with Crippen LogP contribution in [0.1, 0.15) is 37.6 Å². The molecule has 0 amide bonds. The first-order valence-electron chi connectivity index (χ1n) is 6.31. The summed E-state index contributed by atoms with van der Waals surface area (Å²) < 4.78 is 2.06. The van der Waals surface area contributed by atoms with Crippen LogP contribution in [0.25, 0.3) is 0 Å². The Morgan fingerprint density at radius 1 is 1.41 bits per heavy atom. The molecule has 0 bridgehead atoms. The van der Waals surface area contributed by atoms with Crippen LogP contribution in [0.2, 0.25) is 0 Å². The van der Waals surface area contributed by atoms with Crippen molar-refractivity contribution >= 4 is 0 Å². The van der Waals surface area contributed by atoms with Crippen LogP contribution in [0.4, 0.5) is 0 Å². The smallest absolute Gasteiger partial charge is 0.0610 e. The van der Waals surface area contributed by atoms with Gasteiger partial charge in [0.1, 0.15) is 0 Å². The van der Waals surface area contributed by atoms with Crippen LogP contribution in [-0.2, 0) is 6.54 Å². The van der Waals surface area contributed by atoms with Crippen LogP contribution in [0, 0.1) is 13.8 Å². The molecule has 1 atom stereocenters. The molecule has 0 saturated heterocycles. The summed E-state index contributed by atoms with van der Waals surface area (Å²) in [4.78, 5) is 0. The molecule has 1 heterocycles. The van der Waals surface area contributed by atoms with E-state index in [0.717, 1.165) is 31.5 Å². The van der Waals surface area contributed by atoms with E-state index in [0.29, 0.717) is 0 Å². The van der Waals surface area contributed by atoms with E-state index in [1.165, 1.54) is 5.69 Å². The van der Waals surface area contributed by atoms with Gasteiger partial charge in [0, 0.05) is 17.8 Å². The standard InChI is InChI=1S/C13H25N3O/c1-11-9-12(2)16(15-11)8-6-5-7-13(3,10-17)14-4/h9,14,17H,5-8,10H2,1-4H3. The molecule has 0 aliphatic rings. The molecule has 4 heteroatoms. The summed E-state index contributed by atoms with van der Waals surface area (Å²) in [5.41, 5.74) is 2.16. The van der Waals surface area contributed by atoms with Crippen molar-refractivity contribution in [1.82, 2.24) is 15.1 Å². The van der Waals surface area contributed by atoms with Crippen LogP contribution in [0.15, 0.2) is 6.07 Å². The summed E-state index contributed by atoms with van der Waals surface area (Å²) in [7, 11) is 1.90. The van der Waals surface area contributed by atoms with Gasteiger partial charge in [-0.05, 0) is 53.1 Å². The monoisotopic (exact) mass is 239 g/mol. The number of unbranched alkanes of at least 4 members (excludes halogenated alkanes) is 1. The molecular formula is C13H25N3O. The quantitative estimate of drug-likeness (QED) is 0.711. The van der Waals surface area contributed by atoms with Crippen molar-refractivity contribution in [3.8, 4) is 0 Å². The summed E-state index contributed by atoms with van der Waals surface area (Å²) in [6, 6.07) is 2.10. The van der Waals surface area contributed by atoms with E-state index in [4.69, 9.17) is 0 Å². The van der Waals surface area contributed by atoms with Crippen molar-refractivity contribution in [2.75, 3.05) is 13.7 Å². The van der Waals surface area contributed by atoms with E-state index >= 15 is 0 Å². The fraction of sp³-hybridized carbons (Fsp3) is 0.769. The fourth-order valence-electron chi connectivity index (χ4n) is 1.96. The average molecular weight is 239 g/mol. The maximum atomic E-state index is 9.27. The number of nitrogens with one attached hydrogen (secondary N) is 1. The summed E-state index contributed by atoms with van der Waals surface area (Å²) in [5.74, 6) is 0. The Labute approximate surface area is 104 Å². The van der Waals surface area contributed by atoms with E-state index in [9.17, 15) is 5.11 Å². The zero-order valence-corrected chi connectivity index (χ0v) is 11.5. The van der Waals surface area contributed by atoms with E-state index < -0.39 is 0 Å². The van der Waals surface area contributed by atoms with Crippen LogP contribution < -0.4 is 5.32 Å². The van der Waals surface area contributed by atoms with Crippen LogP contribution >= 0.6 is 0 Å². The fourth-order valence-corrected chi connectivity index (χ4v) is 1.96. The molecule has 0 fully saturated rings. The molecule has 0 aliphatic carbocycles. The number of hydrogen-bond acceptors (Lipinski definition) is 3. The number of hydrogen-bond donors (Lipinski definition) is 2. The highest BCUT2D eigenvalue weighted by molar-refractivity contribution is 5.06. The number of aliphatic hydroxyl groups is 1. The minimum atomic E-state index is -0.144. The van der Waals surface area contributed by atoms with Crippen molar-refractivity contribution in [1.29, 1.82) is 0 Å². The summed E-state index contributed by atoms with van der Waals surface area (Å²) >= 11 is 0. The Bertz CT molecular complexity index is 342. The zero-order valence-electron chi connectivity index (χ0n) is 11.5. The van der Waals surface area contributed by atoms with Crippen molar-refractivity contribution in [2.24, 2.45) is 0 Å². The van der Waals surface area contributed by atoms with Crippen LogP contribution in [-0.4, -0.2) is 34.1 Å². The molecule has 0 aliphatic heterocycles. The molecule has 2 N–H and O–H groups in total. The third-order valence-corrected chi connectivity index (χ3v) is 3.40. The van der Waals surface area contributed by atoms with Gasteiger partial charge in [-0.15, -0.1) is 0 Å². The molecule has 0 aromatic carbocycles. The molecule has 0 spiro atoms. The Balaban J connectivity index is 2.31. The van der Waals surface area contributed by atoms with Gasteiger partial charge in [-0.3, -0.25) is 4.68 Å². The number of aliphatic hydroxyl groups excluding tert-OH is 1. The molecular weight excluding hydrogens is 214 g/mol. The third-order valence-electron chi connectivity index (χ3n) is 3.40. The molecule has 4 nitrogen and oxygen atoms in total. The van der Waals surface area contributed by atoms with Crippen molar-refractivity contribution in [3.05, 3.63) is 17.5 Å². The maximum absolute atomic E-state index is 9.27. The van der Waals surface area contributed by atoms with E-state index in [1.807, 2.05) is 14.0 Å². The number of aryl methyl sites for hydroxylation is 3. The molecule has 17 heavy (non-hydrogen) atoms. The molecule has 1 rings (SSSR count). The van der Waals surface area contributed by atoms with Gasteiger partial charge in [0.2, 0.25) is 0 Å². The Morgan fingerprint density at radius 3 is 2.59 bits per heavy atom. The highest BCUT2D eigenvalue weighted by atomic mass is 16.3. The van der Waals surface area contributed by atoms with Crippen LogP contribution in [0.3, 0.4) is 0 Å². The number of likely N-dealkylation sites (N-methyl/N-ethyl adjacent to an activating group) is 1. The van der Waals surface area contributed by atoms with Crippen molar-refractivity contribution in [3.63, 3.8) is 0 Å². The largest absolute Gasteiger partial charge is 0.394 e. The minimum absolute atomic E-state index is 0.144. The van der Waals surface area contributed by atoms with Gasteiger partial charge in [0.05, 0.1) is 12.3 Å². The molecule has 1 aromatic rings. The number of aromatic nitrogens is 2. The highest BCUT2D eigenvalue weighted by Gasteiger charge is 2.19. The third kappa shape index (κ3) is 4.13. The predicted octanol–water partition coefficient (Wildman–Crippen LogP) is 1.64. The highest BCUT2D eigenvalue weighted by Crippen LogP contribution is 2.13. The van der Waals surface area contributed by atoms with Gasteiger partial charge in [-0.25, -0.2) is 0 Å². The molecule has 1 aromatic heterocycles. The van der Waals surface area contributed by atoms with E-state index in [1.54, 1.807) is 0 Å². The lowest BCUT2D eigenvalue weighted by Crippen LogP contribution is -2.43. The van der Waals surface area contributed by atoms with E-state index in [2.05, 4.69) is 35.0 Å². The van der Waals surface area contributed by atoms with E-state index in [-0.39, 0.29) is 12.1 Å². The second kappa shape index (κ2) is 6.17. The lowest BCUT2D eigenvalue weighted by Gasteiger charge is -2.26. The molecule has 98 valence electrons. The van der Waals surface area contributed by atoms with Gasteiger partial charge in [0.25, 0.3) is 0 Å². The number of nitrogens with zero attached hydrogens (tertiary/aromatic N) is 2. The van der Waals surface area contributed by atoms with Gasteiger partial charge >= 0.3 is 0 Å². The number of rotatable bonds is 7. The zero-order chi connectivity index (χ0) is 12.9.